The first-order valence-electron chi connectivity index (χ1n) is 8.85. The molecule has 0 fully saturated rings. The van der Waals surface area contributed by atoms with Crippen LogP contribution >= 0.6 is 0 Å². The number of ether oxygens (including phenoxy) is 1. The van der Waals surface area contributed by atoms with Crippen molar-refractivity contribution in [2.75, 3.05) is 7.11 Å². The van der Waals surface area contributed by atoms with Crippen LogP contribution in [0.25, 0.3) is 21.9 Å². The number of hydrogen-bond donors (Lipinski definition) is 1. The maximum Gasteiger partial charge on any atom is 0.336 e. The SMILES string of the molecule is COc1cccc2cc(C(=O)NCc3cc(=O)oc4c(C)c(C)ccc34)oc12. The molecule has 1 N–H and O–H groups in total. The molecule has 0 aliphatic heterocycles. The van der Waals surface area contributed by atoms with Gasteiger partial charge in [0, 0.05) is 23.4 Å². The molecule has 4 rings (SSSR count). The number of aryl methyl sites for hydroxylation is 2. The zero-order chi connectivity index (χ0) is 19.8. The van der Waals surface area contributed by atoms with Gasteiger partial charge in [-0.1, -0.05) is 24.3 Å². The number of benzene rings is 2. The highest BCUT2D eigenvalue weighted by atomic mass is 16.5. The molecule has 4 aromatic rings. The average Bonchev–Trinajstić information content (AvgIpc) is 3.13. The number of methoxy groups -OCH3 is 1. The molecule has 0 aliphatic rings. The molecule has 0 bridgehead atoms. The molecule has 0 atom stereocenters. The smallest absolute Gasteiger partial charge is 0.336 e. The van der Waals surface area contributed by atoms with Crippen LogP contribution in [0, 0.1) is 13.8 Å². The van der Waals surface area contributed by atoms with Crippen molar-refractivity contribution in [2.24, 2.45) is 0 Å². The molecule has 6 heteroatoms. The standard InChI is InChI=1S/C22H19NO5/c1-12-7-8-16-15(10-19(24)28-20(16)13(12)2)11-23-22(25)18-9-14-5-4-6-17(26-3)21(14)27-18/h4-10H,11H2,1-3H3,(H,23,25). The summed E-state index contributed by atoms with van der Waals surface area (Å²) in [6.45, 7) is 4.04. The summed E-state index contributed by atoms with van der Waals surface area (Å²) < 4.78 is 16.3. The molecule has 2 aromatic heterocycles. The summed E-state index contributed by atoms with van der Waals surface area (Å²) in [5.74, 6) is 0.372. The molecule has 28 heavy (non-hydrogen) atoms. The van der Waals surface area contributed by atoms with Crippen molar-refractivity contribution in [2.45, 2.75) is 20.4 Å². The van der Waals surface area contributed by atoms with E-state index in [1.54, 1.807) is 19.2 Å². The third-order valence-electron chi connectivity index (χ3n) is 4.91. The van der Waals surface area contributed by atoms with Crippen LogP contribution in [0.1, 0.15) is 27.2 Å². The monoisotopic (exact) mass is 377 g/mol. The highest BCUT2D eigenvalue weighted by Gasteiger charge is 2.16. The Kier molecular flexibility index (Phi) is 4.39. The molecule has 6 nitrogen and oxygen atoms in total. The number of para-hydroxylation sites is 1. The lowest BCUT2D eigenvalue weighted by Crippen LogP contribution is -2.23. The first-order valence-corrected chi connectivity index (χ1v) is 8.85. The zero-order valence-electron chi connectivity index (χ0n) is 15.8. The molecule has 0 saturated carbocycles. The van der Waals surface area contributed by atoms with Gasteiger partial charge in [-0.2, -0.15) is 0 Å². The lowest BCUT2D eigenvalue weighted by atomic mass is 10.0. The molecule has 2 heterocycles. The Bertz CT molecular complexity index is 1270. The number of furan rings is 1. The number of carbonyl (C=O) groups excluding carboxylic acids is 1. The molecular weight excluding hydrogens is 358 g/mol. The summed E-state index contributed by atoms with van der Waals surface area (Å²) in [4.78, 5) is 24.5. The Hall–Kier alpha value is -3.54. The lowest BCUT2D eigenvalue weighted by molar-refractivity contribution is 0.0925. The maximum absolute atomic E-state index is 12.6. The predicted octanol–water partition coefficient (Wildman–Crippen LogP) is 4.09. The van der Waals surface area contributed by atoms with E-state index in [0.29, 0.717) is 22.5 Å². The van der Waals surface area contributed by atoms with Gasteiger partial charge in [0.25, 0.3) is 5.91 Å². The van der Waals surface area contributed by atoms with Crippen LogP contribution in [-0.2, 0) is 6.54 Å². The second-order valence-electron chi connectivity index (χ2n) is 6.65. The number of hydrogen-bond acceptors (Lipinski definition) is 5. The molecule has 0 saturated heterocycles. The van der Waals surface area contributed by atoms with Crippen molar-refractivity contribution < 1.29 is 18.4 Å². The summed E-state index contributed by atoms with van der Waals surface area (Å²) >= 11 is 0. The first kappa shape index (κ1) is 17.9. The lowest BCUT2D eigenvalue weighted by Gasteiger charge is -2.09. The molecule has 2 aromatic carbocycles. The van der Waals surface area contributed by atoms with Crippen molar-refractivity contribution >= 4 is 27.8 Å². The molecular formula is C22H19NO5. The van der Waals surface area contributed by atoms with E-state index in [1.807, 2.05) is 38.1 Å². The fourth-order valence-corrected chi connectivity index (χ4v) is 3.24. The van der Waals surface area contributed by atoms with Crippen LogP contribution in [0.3, 0.4) is 0 Å². The second kappa shape index (κ2) is 6.88. The summed E-state index contributed by atoms with van der Waals surface area (Å²) in [7, 11) is 1.55. The molecule has 0 aliphatic carbocycles. The highest BCUT2D eigenvalue weighted by molar-refractivity contribution is 5.97. The summed E-state index contributed by atoms with van der Waals surface area (Å²) in [6, 6.07) is 12.4. The molecule has 0 spiro atoms. The van der Waals surface area contributed by atoms with Crippen molar-refractivity contribution in [1.82, 2.24) is 5.32 Å². The first-order chi connectivity index (χ1) is 13.5. The molecule has 1 amide bonds. The van der Waals surface area contributed by atoms with Gasteiger partial charge in [-0.15, -0.1) is 0 Å². The van der Waals surface area contributed by atoms with Crippen molar-refractivity contribution in [3.63, 3.8) is 0 Å². The molecule has 0 radical (unpaired) electrons. The van der Waals surface area contributed by atoms with Gasteiger partial charge < -0.3 is 18.9 Å². The Morgan fingerprint density at radius 3 is 2.68 bits per heavy atom. The average molecular weight is 377 g/mol. The zero-order valence-corrected chi connectivity index (χ0v) is 15.8. The van der Waals surface area contributed by atoms with Gasteiger partial charge in [-0.05, 0) is 42.7 Å². The van der Waals surface area contributed by atoms with E-state index in [9.17, 15) is 9.59 Å². The molecule has 0 unspecified atom stereocenters. The van der Waals surface area contributed by atoms with E-state index in [-0.39, 0.29) is 18.2 Å². The Morgan fingerprint density at radius 1 is 1.07 bits per heavy atom. The van der Waals surface area contributed by atoms with Gasteiger partial charge in [-0.3, -0.25) is 4.79 Å². The van der Waals surface area contributed by atoms with Crippen LogP contribution in [0.4, 0.5) is 0 Å². The van der Waals surface area contributed by atoms with Gasteiger partial charge in [0.1, 0.15) is 5.58 Å². The Labute approximate surface area is 160 Å². The minimum Gasteiger partial charge on any atom is -0.493 e. The largest absolute Gasteiger partial charge is 0.493 e. The van der Waals surface area contributed by atoms with Crippen LogP contribution in [0.2, 0.25) is 0 Å². The van der Waals surface area contributed by atoms with E-state index in [0.717, 1.165) is 21.9 Å². The van der Waals surface area contributed by atoms with Gasteiger partial charge in [0.2, 0.25) is 0 Å². The van der Waals surface area contributed by atoms with Crippen LogP contribution in [-0.4, -0.2) is 13.0 Å². The third kappa shape index (κ3) is 3.03. The van der Waals surface area contributed by atoms with E-state index in [4.69, 9.17) is 13.6 Å². The van der Waals surface area contributed by atoms with Crippen LogP contribution < -0.4 is 15.7 Å². The topological polar surface area (TPSA) is 81.7 Å². The predicted molar refractivity (Wildman–Crippen MR) is 106 cm³/mol. The van der Waals surface area contributed by atoms with Gasteiger partial charge in [0.15, 0.2) is 17.1 Å². The number of rotatable bonds is 4. The maximum atomic E-state index is 12.6. The van der Waals surface area contributed by atoms with E-state index in [2.05, 4.69) is 5.32 Å². The quantitative estimate of drug-likeness (QED) is 0.542. The number of amides is 1. The van der Waals surface area contributed by atoms with Crippen molar-refractivity contribution in [1.29, 1.82) is 0 Å². The van der Waals surface area contributed by atoms with Gasteiger partial charge in [-0.25, -0.2) is 4.79 Å². The van der Waals surface area contributed by atoms with E-state index < -0.39 is 5.63 Å². The van der Waals surface area contributed by atoms with Gasteiger partial charge >= 0.3 is 5.63 Å². The fraction of sp³-hybridized carbons (Fsp3) is 0.182. The van der Waals surface area contributed by atoms with Crippen molar-refractivity contribution in [3.05, 3.63) is 75.3 Å². The Balaban J connectivity index is 1.64. The highest BCUT2D eigenvalue weighted by Crippen LogP contribution is 2.28. The third-order valence-corrected chi connectivity index (χ3v) is 4.91. The minimum atomic E-state index is -0.445. The molecule has 142 valence electrons. The van der Waals surface area contributed by atoms with Gasteiger partial charge in [0.05, 0.1) is 7.11 Å². The number of nitrogens with one attached hydrogen (secondary N) is 1. The van der Waals surface area contributed by atoms with E-state index >= 15 is 0 Å². The number of fused-ring (bicyclic) bond motifs is 2. The fourth-order valence-electron chi connectivity index (χ4n) is 3.24. The number of carbonyl (C=O) groups is 1. The van der Waals surface area contributed by atoms with Crippen molar-refractivity contribution in [3.8, 4) is 5.75 Å². The van der Waals surface area contributed by atoms with Crippen LogP contribution in [0.15, 0.2) is 56.1 Å². The minimum absolute atomic E-state index is 0.178. The van der Waals surface area contributed by atoms with E-state index in [1.165, 1.54) is 6.07 Å². The normalized spacial score (nSPS) is 11.1. The Morgan fingerprint density at radius 2 is 1.89 bits per heavy atom. The summed E-state index contributed by atoms with van der Waals surface area (Å²) in [6.07, 6.45) is 0. The second-order valence-corrected chi connectivity index (χ2v) is 6.65. The summed E-state index contributed by atoms with van der Waals surface area (Å²) in [5, 5.41) is 4.39. The summed E-state index contributed by atoms with van der Waals surface area (Å²) in [5.41, 5.74) is 3.26. The van der Waals surface area contributed by atoms with Crippen LogP contribution in [0.5, 0.6) is 5.75 Å².